The van der Waals surface area contributed by atoms with Crippen molar-refractivity contribution in [3.8, 4) is 5.75 Å². The van der Waals surface area contributed by atoms with Crippen LogP contribution in [0.15, 0.2) is 35.1 Å². The highest BCUT2D eigenvalue weighted by Crippen LogP contribution is 2.17. The molecule has 8 nitrogen and oxygen atoms in total. The Hall–Kier alpha value is -3.03. The van der Waals surface area contributed by atoms with Gasteiger partial charge in [0.05, 0.1) is 7.11 Å². The topological polar surface area (TPSA) is 111 Å². The normalized spacial score (nSPS) is 12.3. The highest BCUT2D eigenvalue weighted by molar-refractivity contribution is 5.86. The molecule has 0 aliphatic rings. The van der Waals surface area contributed by atoms with Gasteiger partial charge in [0.2, 0.25) is 0 Å². The summed E-state index contributed by atoms with van der Waals surface area (Å²) in [6, 6.07) is 6.94. The summed E-state index contributed by atoms with van der Waals surface area (Å²) in [5, 5.41) is 12.0. The maximum absolute atomic E-state index is 12.2. The SMILES string of the molecule is COc1ccc(CC(Cc2ocnc2C(=O)O)NC(=O)OC(C)(C)C)cc1. The second-order valence-corrected chi connectivity index (χ2v) is 7.03. The molecular formula is C19H24N2O6. The van der Waals surface area contributed by atoms with Crippen LogP contribution in [0.5, 0.6) is 5.75 Å². The van der Waals surface area contributed by atoms with Gasteiger partial charge in [-0.25, -0.2) is 14.6 Å². The summed E-state index contributed by atoms with van der Waals surface area (Å²) in [6.45, 7) is 5.30. The van der Waals surface area contributed by atoms with Crippen LogP contribution < -0.4 is 10.1 Å². The van der Waals surface area contributed by atoms with Gasteiger partial charge in [-0.3, -0.25) is 0 Å². The van der Waals surface area contributed by atoms with Crippen molar-refractivity contribution < 1.29 is 28.6 Å². The van der Waals surface area contributed by atoms with E-state index in [-0.39, 0.29) is 17.9 Å². The van der Waals surface area contributed by atoms with Gasteiger partial charge >= 0.3 is 12.1 Å². The number of oxazole rings is 1. The van der Waals surface area contributed by atoms with Crippen molar-refractivity contribution in [1.29, 1.82) is 0 Å². The Morgan fingerprint density at radius 2 is 1.89 bits per heavy atom. The summed E-state index contributed by atoms with van der Waals surface area (Å²) in [6.07, 6.45) is 1.10. The van der Waals surface area contributed by atoms with Crippen LogP contribution in [0.4, 0.5) is 4.79 Å². The predicted octanol–water partition coefficient (Wildman–Crippen LogP) is 3.06. The number of ether oxygens (including phenoxy) is 2. The molecule has 0 fully saturated rings. The van der Waals surface area contributed by atoms with Gasteiger partial charge in [0.25, 0.3) is 0 Å². The van der Waals surface area contributed by atoms with E-state index in [0.29, 0.717) is 6.42 Å². The zero-order chi connectivity index (χ0) is 20.0. The molecule has 0 aliphatic heterocycles. The van der Waals surface area contributed by atoms with Crippen LogP contribution in [0, 0.1) is 0 Å². The number of alkyl carbamates (subject to hydrolysis) is 1. The largest absolute Gasteiger partial charge is 0.497 e. The first kappa shape index (κ1) is 20.3. The zero-order valence-electron chi connectivity index (χ0n) is 15.8. The number of amides is 1. The van der Waals surface area contributed by atoms with Crippen LogP contribution in [0.1, 0.15) is 42.6 Å². The average Bonchev–Trinajstić information content (AvgIpc) is 3.02. The third-order valence-corrected chi connectivity index (χ3v) is 3.64. The van der Waals surface area contributed by atoms with E-state index in [0.717, 1.165) is 17.7 Å². The van der Waals surface area contributed by atoms with Crippen molar-refractivity contribution in [2.75, 3.05) is 7.11 Å². The fourth-order valence-corrected chi connectivity index (χ4v) is 2.51. The number of hydrogen-bond donors (Lipinski definition) is 2. The Balaban J connectivity index is 2.17. The van der Waals surface area contributed by atoms with E-state index in [1.807, 2.05) is 24.3 Å². The molecule has 1 aromatic heterocycles. The van der Waals surface area contributed by atoms with Gasteiger partial charge in [-0.2, -0.15) is 0 Å². The fourth-order valence-electron chi connectivity index (χ4n) is 2.51. The van der Waals surface area contributed by atoms with E-state index in [1.54, 1.807) is 27.9 Å². The minimum atomic E-state index is -1.18. The minimum Gasteiger partial charge on any atom is -0.497 e. The maximum atomic E-state index is 12.2. The summed E-state index contributed by atoms with van der Waals surface area (Å²) in [4.78, 5) is 27.2. The highest BCUT2D eigenvalue weighted by atomic mass is 16.6. The summed E-state index contributed by atoms with van der Waals surface area (Å²) in [7, 11) is 1.58. The van der Waals surface area contributed by atoms with E-state index in [1.165, 1.54) is 0 Å². The molecule has 1 atom stereocenters. The van der Waals surface area contributed by atoms with E-state index in [4.69, 9.17) is 13.9 Å². The average molecular weight is 376 g/mol. The Morgan fingerprint density at radius 1 is 1.22 bits per heavy atom. The Labute approximate surface area is 157 Å². The molecule has 0 bridgehead atoms. The number of nitrogens with zero attached hydrogens (tertiary/aromatic N) is 1. The second kappa shape index (κ2) is 8.57. The molecule has 2 aromatic rings. The molecule has 2 N–H and O–H groups in total. The number of carboxylic acids is 1. The molecule has 0 aliphatic carbocycles. The lowest BCUT2D eigenvalue weighted by Crippen LogP contribution is -2.41. The smallest absolute Gasteiger partial charge is 0.407 e. The minimum absolute atomic E-state index is 0.160. The monoisotopic (exact) mass is 376 g/mol. The number of benzene rings is 1. The molecule has 8 heteroatoms. The van der Waals surface area contributed by atoms with Gasteiger partial charge in [0.15, 0.2) is 12.1 Å². The Kier molecular flexibility index (Phi) is 6.44. The number of aromatic nitrogens is 1. The first-order valence-electron chi connectivity index (χ1n) is 8.46. The Morgan fingerprint density at radius 3 is 2.44 bits per heavy atom. The van der Waals surface area contributed by atoms with E-state index in [9.17, 15) is 14.7 Å². The van der Waals surface area contributed by atoms with Crippen molar-refractivity contribution in [2.45, 2.75) is 45.3 Å². The molecule has 0 saturated carbocycles. The van der Waals surface area contributed by atoms with E-state index < -0.39 is 23.7 Å². The lowest BCUT2D eigenvalue weighted by Gasteiger charge is -2.23. The third kappa shape index (κ3) is 6.32. The van der Waals surface area contributed by atoms with Gasteiger partial charge in [-0.15, -0.1) is 0 Å². The molecule has 1 unspecified atom stereocenters. The van der Waals surface area contributed by atoms with Gasteiger partial charge in [0, 0.05) is 12.5 Å². The number of hydrogen-bond acceptors (Lipinski definition) is 6. The summed E-state index contributed by atoms with van der Waals surface area (Å²) < 4.78 is 15.7. The van der Waals surface area contributed by atoms with Crippen LogP contribution in [0.25, 0.3) is 0 Å². The number of carbonyl (C=O) groups excluding carboxylic acids is 1. The standard InChI is InChI=1S/C19H24N2O6/c1-19(2,3)27-18(24)21-13(9-12-5-7-14(25-4)8-6-12)10-15-16(17(22)23)20-11-26-15/h5-8,11,13H,9-10H2,1-4H3,(H,21,24)(H,22,23). The molecule has 1 amide bonds. The molecular weight excluding hydrogens is 352 g/mol. The van der Waals surface area contributed by atoms with Crippen LogP contribution in [-0.4, -0.2) is 40.9 Å². The molecule has 27 heavy (non-hydrogen) atoms. The van der Waals surface area contributed by atoms with Crippen LogP contribution in [0.3, 0.4) is 0 Å². The molecule has 146 valence electrons. The fraction of sp³-hybridized carbons (Fsp3) is 0.421. The van der Waals surface area contributed by atoms with Gasteiger partial charge < -0.3 is 24.3 Å². The lowest BCUT2D eigenvalue weighted by atomic mass is 10.0. The van der Waals surface area contributed by atoms with Crippen molar-refractivity contribution in [3.05, 3.63) is 47.7 Å². The number of carboxylic acid groups (broad SMARTS) is 1. The highest BCUT2D eigenvalue weighted by Gasteiger charge is 2.24. The molecule has 0 saturated heterocycles. The lowest BCUT2D eigenvalue weighted by molar-refractivity contribution is 0.0503. The molecule has 2 rings (SSSR count). The number of aromatic carboxylic acids is 1. The maximum Gasteiger partial charge on any atom is 0.407 e. The number of methoxy groups -OCH3 is 1. The van der Waals surface area contributed by atoms with Crippen molar-refractivity contribution in [3.63, 3.8) is 0 Å². The summed E-state index contributed by atoms with van der Waals surface area (Å²) in [5.74, 6) is -0.268. The number of nitrogens with one attached hydrogen (secondary N) is 1. The number of rotatable bonds is 7. The van der Waals surface area contributed by atoms with E-state index >= 15 is 0 Å². The first-order chi connectivity index (χ1) is 12.7. The molecule has 1 heterocycles. The zero-order valence-corrected chi connectivity index (χ0v) is 15.8. The summed E-state index contributed by atoms with van der Waals surface area (Å²) in [5.41, 5.74) is 0.127. The second-order valence-electron chi connectivity index (χ2n) is 7.03. The van der Waals surface area contributed by atoms with Crippen LogP contribution >= 0.6 is 0 Å². The predicted molar refractivity (Wildman–Crippen MR) is 97.0 cm³/mol. The third-order valence-electron chi connectivity index (χ3n) is 3.64. The molecule has 1 aromatic carbocycles. The molecule has 0 spiro atoms. The summed E-state index contributed by atoms with van der Waals surface area (Å²) >= 11 is 0. The van der Waals surface area contributed by atoms with Gasteiger partial charge in [-0.05, 0) is 44.9 Å². The van der Waals surface area contributed by atoms with E-state index in [2.05, 4.69) is 10.3 Å². The van der Waals surface area contributed by atoms with Crippen LogP contribution in [-0.2, 0) is 17.6 Å². The Bertz CT molecular complexity index is 776. The van der Waals surface area contributed by atoms with Crippen molar-refractivity contribution in [1.82, 2.24) is 10.3 Å². The van der Waals surface area contributed by atoms with Gasteiger partial charge in [-0.1, -0.05) is 12.1 Å². The van der Waals surface area contributed by atoms with Crippen molar-refractivity contribution in [2.24, 2.45) is 0 Å². The first-order valence-corrected chi connectivity index (χ1v) is 8.46. The number of carbonyl (C=O) groups is 2. The quantitative estimate of drug-likeness (QED) is 0.764. The van der Waals surface area contributed by atoms with Gasteiger partial charge in [0.1, 0.15) is 17.1 Å². The molecule has 0 radical (unpaired) electrons. The van der Waals surface area contributed by atoms with Crippen LogP contribution in [0.2, 0.25) is 0 Å². The van der Waals surface area contributed by atoms with Crippen molar-refractivity contribution >= 4 is 12.1 Å².